The van der Waals surface area contributed by atoms with E-state index < -0.39 is 0 Å². The molecule has 1 aromatic carbocycles. The lowest BCUT2D eigenvalue weighted by atomic mass is 10.2. The van der Waals surface area contributed by atoms with Crippen LogP contribution in [0.3, 0.4) is 0 Å². The molecule has 0 saturated heterocycles. The number of para-hydroxylation sites is 1. The summed E-state index contributed by atoms with van der Waals surface area (Å²) in [5, 5.41) is 6.61. The number of hydrogen-bond donors (Lipinski definition) is 2. The molecule has 0 fully saturated rings. The fourth-order valence-corrected chi connectivity index (χ4v) is 2.21. The Kier molecular flexibility index (Phi) is 10.3. The number of benzene rings is 1. The second-order valence-electron chi connectivity index (χ2n) is 5.17. The Balaban J connectivity index is 0.00000312. The predicted octanol–water partition coefficient (Wildman–Crippen LogP) is 3.17. The third-order valence-corrected chi connectivity index (χ3v) is 3.43. The number of pyridine rings is 1. The van der Waals surface area contributed by atoms with E-state index in [-0.39, 0.29) is 24.0 Å². The molecule has 2 N–H and O–H groups in total. The largest absolute Gasteiger partial charge is 0.489 e. The highest BCUT2D eigenvalue weighted by Gasteiger charge is 2.04. The van der Waals surface area contributed by atoms with E-state index in [4.69, 9.17) is 4.74 Å². The Hall–Kier alpha value is -2.09. The molecule has 0 aliphatic carbocycles. The Morgan fingerprint density at radius 1 is 1.24 bits per heavy atom. The standard InChI is InChI=1S/C19H24N4O.HI/c1-3-13-24-18-9-5-4-8-17(18)15-23-19(20-2)22-12-10-16-7-6-11-21-14-16;/h3-9,11,14H,1,10,12-13,15H2,2H3,(H2,20,22,23);1H. The molecule has 5 nitrogen and oxygen atoms in total. The van der Waals surface area contributed by atoms with Gasteiger partial charge in [0.25, 0.3) is 0 Å². The number of hydrogen-bond acceptors (Lipinski definition) is 3. The number of guanidine groups is 1. The van der Waals surface area contributed by atoms with Gasteiger partial charge in [0.2, 0.25) is 0 Å². The molecular formula is C19H25IN4O. The summed E-state index contributed by atoms with van der Waals surface area (Å²) < 4.78 is 5.67. The summed E-state index contributed by atoms with van der Waals surface area (Å²) >= 11 is 0. The predicted molar refractivity (Wildman–Crippen MR) is 114 cm³/mol. The van der Waals surface area contributed by atoms with Gasteiger partial charge in [-0.05, 0) is 24.1 Å². The smallest absolute Gasteiger partial charge is 0.191 e. The van der Waals surface area contributed by atoms with E-state index >= 15 is 0 Å². The number of aliphatic imine (C=N–C) groups is 1. The third kappa shape index (κ3) is 7.55. The highest BCUT2D eigenvalue weighted by Crippen LogP contribution is 2.17. The molecule has 2 aromatic rings. The molecule has 0 spiro atoms. The van der Waals surface area contributed by atoms with Crippen LogP contribution >= 0.6 is 24.0 Å². The molecule has 0 amide bonds. The summed E-state index contributed by atoms with van der Waals surface area (Å²) in [6.45, 7) is 5.60. The first-order valence-electron chi connectivity index (χ1n) is 7.98. The van der Waals surface area contributed by atoms with Crippen molar-refractivity contribution in [3.63, 3.8) is 0 Å². The molecule has 6 heteroatoms. The van der Waals surface area contributed by atoms with Gasteiger partial charge < -0.3 is 15.4 Å². The molecule has 0 saturated carbocycles. The number of aromatic nitrogens is 1. The van der Waals surface area contributed by atoms with Gasteiger partial charge in [-0.2, -0.15) is 0 Å². The van der Waals surface area contributed by atoms with Crippen molar-refractivity contribution in [3.05, 3.63) is 72.6 Å². The zero-order valence-electron chi connectivity index (χ0n) is 14.4. The van der Waals surface area contributed by atoms with Gasteiger partial charge in [0.1, 0.15) is 12.4 Å². The maximum Gasteiger partial charge on any atom is 0.191 e. The molecule has 0 aliphatic rings. The Bertz CT molecular complexity index is 661. The van der Waals surface area contributed by atoms with Gasteiger partial charge in [-0.3, -0.25) is 9.98 Å². The highest BCUT2D eigenvalue weighted by atomic mass is 127. The Morgan fingerprint density at radius 3 is 2.80 bits per heavy atom. The normalized spacial score (nSPS) is 10.5. The van der Waals surface area contributed by atoms with E-state index in [1.54, 1.807) is 19.3 Å². The zero-order chi connectivity index (χ0) is 17.0. The molecule has 0 unspecified atom stereocenters. The fraction of sp³-hybridized carbons (Fsp3) is 0.263. The first-order chi connectivity index (χ1) is 11.8. The highest BCUT2D eigenvalue weighted by molar-refractivity contribution is 14.0. The van der Waals surface area contributed by atoms with E-state index in [2.05, 4.69) is 33.3 Å². The second kappa shape index (κ2) is 12.3. The molecule has 134 valence electrons. The molecule has 0 radical (unpaired) electrons. The molecule has 25 heavy (non-hydrogen) atoms. The van der Waals surface area contributed by atoms with Gasteiger partial charge in [-0.25, -0.2) is 0 Å². The summed E-state index contributed by atoms with van der Waals surface area (Å²) in [6, 6.07) is 12.0. The SMILES string of the molecule is C=CCOc1ccccc1CNC(=NC)NCCc1cccnc1.I. The van der Waals surface area contributed by atoms with Crippen molar-refractivity contribution in [1.82, 2.24) is 15.6 Å². The topological polar surface area (TPSA) is 58.5 Å². The number of halogens is 1. The molecule has 0 bridgehead atoms. The first kappa shape index (κ1) is 21.0. The fourth-order valence-electron chi connectivity index (χ4n) is 2.21. The maximum absolute atomic E-state index is 5.67. The minimum atomic E-state index is 0. The number of rotatable bonds is 8. The van der Waals surface area contributed by atoms with Gasteiger partial charge in [0.15, 0.2) is 5.96 Å². The van der Waals surface area contributed by atoms with Crippen molar-refractivity contribution in [2.24, 2.45) is 4.99 Å². The second-order valence-corrected chi connectivity index (χ2v) is 5.17. The van der Waals surface area contributed by atoms with Crippen molar-refractivity contribution in [3.8, 4) is 5.75 Å². The van der Waals surface area contributed by atoms with E-state index in [1.807, 2.05) is 36.5 Å². The molecular weight excluding hydrogens is 427 g/mol. The van der Waals surface area contributed by atoms with Crippen LogP contribution in [0.15, 0.2) is 66.4 Å². The van der Waals surface area contributed by atoms with Gasteiger partial charge in [0, 0.05) is 38.1 Å². The molecule has 0 atom stereocenters. The lowest BCUT2D eigenvalue weighted by molar-refractivity contribution is 0.358. The molecule has 1 aromatic heterocycles. The molecule has 2 rings (SSSR count). The van der Waals surface area contributed by atoms with Gasteiger partial charge in [-0.1, -0.05) is 36.9 Å². The summed E-state index contributed by atoms with van der Waals surface area (Å²) in [5.41, 5.74) is 2.28. The average Bonchev–Trinajstić information content (AvgIpc) is 2.64. The monoisotopic (exact) mass is 452 g/mol. The summed E-state index contributed by atoms with van der Waals surface area (Å²) in [5.74, 6) is 1.62. The number of nitrogens with one attached hydrogen (secondary N) is 2. The third-order valence-electron chi connectivity index (χ3n) is 3.43. The van der Waals surface area contributed by atoms with Gasteiger partial charge >= 0.3 is 0 Å². The van der Waals surface area contributed by atoms with Gasteiger partial charge in [0.05, 0.1) is 0 Å². The minimum Gasteiger partial charge on any atom is -0.489 e. The van der Waals surface area contributed by atoms with Crippen LogP contribution in [0, 0.1) is 0 Å². The summed E-state index contributed by atoms with van der Waals surface area (Å²) in [6.07, 6.45) is 6.30. The Morgan fingerprint density at radius 2 is 2.08 bits per heavy atom. The van der Waals surface area contributed by atoms with Crippen molar-refractivity contribution >= 4 is 29.9 Å². The number of nitrogens with zero attached hydrogens (tertiary/aromatic N) is 2. The molecule has 0 aliphatic heterocycles. The van der Waals surface area contributed by atoms with E-state index in [1.165, 1.54) is 5.56 Å². The number of ether oxygens (including phenoxy) is 1. The van der Waals surface area contributed by atoms with Crippen molar-refractivity contribution in [2.45, 2.75) is 13.0 Å². The van der Waals surface area contributed by atoms with Crippen molar-refractivity contribution < 1.29 is 4.74 Å². The Labute approximate surface area is 166 Å². The van der Waals surface area contributed by atoms with Crippen LogP contribution in [0.2, 0.25) is 0 Å². The van der Waals surface area contributed by atoms with Crippen LogP contribution in [-0.2, 0) is 13.0 Å². The first-order valence-corrected chi connectivity index (χ1v) is 7.98. The van der Waals surface area contributed by atoms with Crippen LogP contribution in [-0.4, -0.2) is 31.1 Å². The maximum atomic E-state index is 5.67. The van der Waals surface area contributed by atoms with Gasteiger partial charge in [-0.15, -0.1) is 24.0 Å². The lowest BCUT2D eigenvalue weighted by Gasteiger charge is -2.14. The van der Waals surface area contributed by atoms with Crippen LogP contribution in [0.25, 0.3) is 0 Å². The summed E-state index contributed by atoms with van der Waals surface area (Å²) in [4.78, 5) is 8.37. The lowest BCUT2D eigenvalue weighted by Crippen LogP contribution is -2.37. The molecule has 1 heterocycles. The van der Waals surface area contributed by atoms with Crippen LogP contribution in [0.4, 0.5) is 0 Å². The van der Waals surface area contributed by atoms with Crippen LogP contribution in [0.5, 0.6) is 5.75 Å². The zero-order valence-corrected chi connectivity index (χ0v) is 16.8. The minimum absolute atomic E-state index is 0. The van der Waals surface area contributed by atoms with Crippen LogP contribution < -0.4 is 15.4 Å². The van der Waals surface area contributed by atoms with Crippen molar-refractivity contribution in [2.75, 3.05) is 20.2 Å². The average molecular weight is 452 g/mol. The summed E-state index contributed by atoms with van der Waals surface area (Å²) in [7, 11) is 1.76. The van der Waals surface area contributed by atoms with E-state index in [0.29, 0.717) is 13.2 Å². The van der Waals surface area contributed by atoms with Crippen molar-refractivity contribution in [1.29, 1.82) is 0 Å². The van der Waals surface area contributed by atoms with E-state index in [9.17, 15) is 0 Å². The van der Waals surface area contributed by atoms with Crippen LogP contribution in [0.1, 0.15) is 11.1 Å². The van der Waals surface area contributed by atoms with E-state index in [0.717, 1.165) is 30.2 Å². The quantitative estimate of drug-likeness (QED) is 0.280.